The molecule has 1 aliphatic carbocycles. The lowest BCUT2D eigenvalue weighted by Gasteiger charge is -2.47. The van der Waals surface area contributed by atoms with Crippen LogP contribution in [0.1, 0.15) is 53.4 Å². The first-order valence-electron chi connectivity index (χ1n) is 7.52. The highest BCUT2D eigenvalue weighted by Gasteiger charge is 2.48. The molecule has 4 nitrogen and oxygen atoms in total. The van der Waals surface area contributed by atoms with Gasteiger partial charge in [0.1, 0.15) is 11.6 Å². The largest absolute Gasteiger partial charge is 0.342 e. The molecule has 19 heavy (non-hydrogen) atoms. The summed E-state index contributed by atoms with van der Waals surface area (Å²) in [5.41, 5.74) is -0.669. The quantitative estimate of drug-likeness (QED) is 0.826. The molecule has 1 saturated heterocycles. The van der Waals surface area contributed by atoms with Crippen molar-refractivity contribution in [1.82, 2.24) is 10.2 Å². The Morgan fingerprint density at radius 2 is 2.00 bits per heavy atom. The number of carbonyl (C=O) groups is 2. The fourth-order valence-corrected chi connectivity index (χ4v) is 2.77. The van der Waals surface area contributed by atoms with Crippen LogP contribution in [-0.4, -0.2) is 34.8 Å². The first-order valence-corrected chi connectivity index (χ1v) is 7.52. The summed E-state index contributed by atoms with van der Waals surface area (Å²) < 4.78 is 0. The highest BCUT2D eigenvalue weighted by molar-refractivity contribution is 5.99. The summed E-state index contributed by atoms with van der Waals surface area (Å²) in [4.78, 5) is 26.8. The minimum Gasteiger partial charge on any atom is -0.342 e. The van der Waals surface area contributed by atoms with E-state index in [0.717, 1.165) is 18.9 Å². The number of hydrogen-bond acceptors (Lipinski definition) is 2. The first kappa shape index (κ1) is 14.4. The molecule has 1 saturated carbocycles. The maximum Gasteiger partial charge on any atom is 0.246 e. The Hall–Kier alpha value is -1.06. The monoisotopic (exact) mass is 266 g/mol. The van der Waals surface area contributed by atoms with E-state index in [4.69, 9.17) is 0 Å². The molecule has 0 spiro atoms. The molecule has 1 aliphatic heterocycles. The van der Waals surface area contributed by atoms with Crippen molar-refractivity contribution < 1.29 is 9.59 Å². The van der Waals surface area contributed by atoms with Gasteiger partial charge in [-0.3, -0.25) is 9.59 Å². The smallest absolute Gasteiger partial charge is 0.246 e. The minimum absolute atomic E-state index is 0.00379. The van der Waals surface area contributed by atoms with Gasteiger partial charge >= 0.3 is 0 Å². The molecule has 0 aromatic heterocycles. The molecular weight excluding hydrogens is 240 g/mol. The van der Waals surface area contributed by atoms with E-state index in [2.05, 4.69) is 5.32 Å². The van der Waals surface area contributed by atoms with Crippen molar-refractivity contribution in [2.45, 2.75) is 65.0 Å². The summed E-state index contributed by atoms with van der Waals surface area (Å²) in [5, 5.41) is 2.91. The lowest BCUT2D eigenvalue weighted by atomic mass is 9.87. The lowest BCUT2D eigenvalue weighted by molar-refractivity contribution is -0.158. The van der Waals surface area contributed by atoms with Crippen LogP contribution in [0.25, 0.3) is 0 Å². The molecule has 0 bridgehead atoms. The summed E-state index contributed by atoms with van der Waals surface area (Å²) in [5.74, 6) is 1.02. The molecule has 4 heteroatoms. The van der Waals surface area contributed by atoms with Crippen LogP contribution in [0.15, 0.2) is 0 Å². The van der Waals surface area contributed by atoms with Gasteiger partial charge < -0.3 is 10.2 Å². The number of nitrogens with zero attached hydrogens (tertiary/aromatic N) is 1. The highest BCUT2D eigenvalue weighted by Crippen LogP contribution is 2.34. The van der Waals surface area contributed by atoms with E-state index >= 15 is 0 Å². The summed E-state index contributed by atoms with van der Waals surface area (Å²) >= 11 is 0. The number of rotatable bonds is 5. The van der Waals surface area contributed by atoms with Crippen LogP contribution in [0.2, 0.25) is 0 Å². The Labute approximate surface area is 115 Å². The Morgan fingerprint density at radius 3 is 2.47 bits per heavy atom. The maximum absolute atomic E-state index is 12.6. The molecule has 0 aromatic carbocycles. The number of nitrogens with one attached hydrogen (secondary N) is 1. The van der Waals surface area contributed by atoms with Gasteiger partial charge in [0.05, 0.1) is 0 Å². The minimum atomic E-state index is -0.669. The molecule has 2 amide bonds. The van der Waals surface area contributed by atoms with Crippen molar-refractivity contribution in [3.63, 3.8) is 0 Å². The molecule has 2 unspecified atom stereocenters. The average molecular weight is 266 g/mol. The van der Waals surface area contributed by atoms with E-state index in [1.165, 1.54) is 12.8 Å². The summed E-state index contributed by atoms with van der Waals surface area (Å²) in [6.45, 7) is 8.56. The number of hydrogen-bond donors (Lipinski definition) is 1. The topological polar surface area (TPSA) is 49.4 Å². The average Bonchev–Trinajstić information content (AvgIpc) is 3.17. The highest BCUT2D eigenvalue weighted by atomic mass is 16.2. The van der Waals surface area contributed by atoms with Crippen LogP contribution in [0, 0.1) is 11.8 Å². The van der Waals surface area contributed by atoms with E-state index in [9.17, 15) is 9.59 Å². The summed E-state index contributed by atoms with van der Waals surface area (Å²) in [7, 11) is 0. The van der Waals surface area contributed by atoms with Crippen molar-refractivity contribution in [2.24, 2.45) is 11.8 Å². The predicted octanol–water partition coefficient (Wildman–Crippen LogP) is 1.94. The zero-order valence-corrected chi connectivity index (χ0v) is 12.5. The maximum atomic E-state index is 12.6. The van der Waals surface area contributed by atoms with Crippen LogP contribution in [0.4, 0.5) is 0 Å². The van der Waals surface area contributed by atoms with Gasteiger partial charge in [0.15, 0.2) is 0 Å². The Balaban J connectivity index is 2.18. The standard InChI is InChI=1S/C15H26N2O2/c1-5-15(4)14(19)16-12(10(2)3)13(18)17(15)9-8-11-6-7-11/h10-12H,5-9H2,1-4H3,(H,16,19). The molecule has 2 rings (SSSR count). The van der Waals surface area contributed by atoms with Crippen LogP contribution < -0.4 is 5.32 Å². The zero-order chi connectivity index (χ0) is 14.2. The van der Waals surface area contributed by atoms with E-state index in [-0.39, 0.29) is 23.8 Å². The molecule has 2 atom stereocenters. The normalized spacial score (nSPS) is 31.8. The van der Waals surface area contributed by atoms with Gasteiger partial charge in [0.25, 0.3) is 0 Å². The summed E-state index contributed by atoms with van der Waals surface area (Å²) in [6, 6.07) is -0.355. The Morgan fingerprint density at radius 1 is 1.37 bits per heavy atom. The van der Waals surface area contributed by atoms with E-state index < -0.39 is 5.54 Å². The van der Waals surface area contributed by atoms with Gasteiger partial charge in [-0.1, -0.05) is 33.6 Å². The molecular formula is C15H26N2O2. The van der Waals surface area contributed by atoms with E-state index in [1.807, 2.05) is 32.6 Å². The van der Waals surface area contributed by atoms with Crippen LogP contribution in [0.5, 0.6) is 0 Å². The third-order valence-corrected chi connectivity index (χ3v) is 4.72. The van der Waals surface area contributed by atoms with Crippen LogP contribution in [-0.2, 0) is 9.59 Å². The van der Waals surface area contributed by atoms with Gasteiger partial charge in [-0.2, -0.15) is 0 Å². The van der Waals surface area contributed by atoms with Gasteiger partial charge in [0.2, 0.25) is 11.8 Å². The molecule has 108 valence electrons. The van der Waals surface area contributed by atoms with Gasteiger partial charge in [-0.05, 0) is 31.6 Å². The molecule has 2 aliphatic rings. The van der Waals surface area contributed by atoms with Crippen LogP contribution >= 0.6 is 0 Å². The van der Waals surface area contributed by atoms with Crippen LogP contribution in [0.3, 0.4) is 0 Å². The van der Waals surface area contributed by atoms with Gasteiger partial charge in [0, 0.05) is 6.54 Å². The Kier molecular flexibility index (Phi) is 3.88. The fourth-order valence-electron chi connectivity index (χ4n) is 2.77. The van der Waals surface area contributed by atoms with Crippen molar-refractivity contribution in [1.29, 1.82) is 0 Å². The van der Waals surface area contributed by atoms with Gasteiger partial charge in [-0.15, -0.1) is 0 Å². The predicted molar refractivity (Wildman–Crippen MR) is 74.5 cm³/mol. The lowest BCUT2D eigenvalue weighted by Crippen LogP contribution is -2.70. The first-order chi connectivity index (χ1) is 8.90. The molecule has 1 N–H and O–H groups in total. The molecule has 0 radical (unpaired) electrons. The summed E-state index contributed by atoms with van der Waals surface area (Å²) in [6.07, 6.45) is 4.27. The van der Waals surface area contributed by atoms with Crippen molar-refractivity contribution in [3.05, 3.63) is 0 Å². The number of amides is 2. The Bertz CT molecular complexity index is 376. The van der Waals surface area contributed by atoms with E-state index in [0.29, 0.717) is 6.42 Å². The molecule has 2 fully saturated rings. The van der Waals surface area contributed by atoms with Crippen molar-refractivity contribution in [2.75, 3.05) is 6.54 Å². The third kappa shape index (κ3) is 2.63. The number of piperazine rings is 1. The SMILES string of the molecule is CCC1(C)C(=O)NC(C(C)C)C(=O)N1CCC1CC1. The molecule has 1 heterocycles. The van der Waals surface area contributed by atoms with E-state index in [1.54, 1.807) is 0 Å². The number of carbonyl (C=O) groups excluding carboxylic acids is 2. The van der Waals surface area contributed by atoms with Crippen molar-refractivity contribution in [3.8, 4) is 0 Å². The van der Waals surface area contributed by atoms with Crippen molar-refractivity contribution >= 4 is 11.8 Å². The zero-order valence-electron chi connectivity index (χ0n) is 12.5. The second kappa shape index (κ2) is 5.14. The second-order valence-electron chi connectivity index (χ2n) is 6.54. The van der Waals surface area contributed by atoms with Gasteiger partial charge in [-0.25, -0.2) is 0 Å². The third-order valence-electron chi connectivity index (χ3n) is 4.72. The molecule has 0 aromatic rings. The fraction of sp³-hybridized carbons (Fsp3) is 0.867. The second-order valence-corrected chi connectivity index (χ2v) is 6.54.